The molecular weight excluding hydrogens is 392 g/mol. The quantitative estimate of drug-likeness (QED) is 0.714. The predicted octanol–water partition coefficient (Wildman–Crippen LogP) is 3.85. The van der Waals surface area contributed by atoms with E-state index in [9.17, 15) is 9.90 Å². The number of carbonyl (C=O) groups excluding carboxylic acids is 1. The summed E-state index contributed by atoms with van der Waals surface area (Å²) in [6.07, 6.45) is 1.75. The molecule has 0 amide bonds. The van der Waals surface area contributed by atoms with Gasteiger partial charge in [-0.3, -0.25) is 9.69 Å². The van der Waals surface area contributed by atoms with E-state index in [1.165, 1.54) is 0 Å². The monoisotopic (exact) mass is 422 g/mol. The molecule has 2 aliphatic heterocycles. The Morgan fingerprint density at radius 2 is 1.77 bits per heavy atom. The smallest absolute Gasteiger partial charge is 0.232 e. The van der Waals surface area contributed by atoms with Crippen molar-refractivity contribution in [1.29, 1.82) is 0 Å². The van der Waals surface area contributed by atoms with Crippen molar-refractivity contribution in [1.82, 2.24) is 9.80 Å². The van der Waals surface area contributed by atoms with E-state index in [0.717, 1.165) is 49.6 Å². The summed E-state index contributed by atoms with van der Waals surface area (Å²) in [4.78, 5) is 17.8. The second kappa shape index (κ2) is 9.12. The number of ketones is 1. The van der Waals surface area contributed by atoms with Crippen LogP contribution in [0.1, 0.15) is 40.9 Å². The SMILES string of the molecule is CCOc1ccc(/C=C2\Oc3c(CN4CCN(CC)CC4)c(O)cc(C)c3C2=O)cc1. The molecule has 164 valence electrons. The van der Waals surface area contributed by atoms with Crippen molar-refractivity contribution in [3.05, 3.63) is 58.3 Å². The van der Waals surface area contributed by atoms with Gasteiger partial charge in [-0.05, 0) is 55.8 Å². The molecule has 1 fully saturated rings. The third-order valence-corrected chi connectivity index (χ3v) is 6.00. The predicted molar refractivity (Wildman–Crippen MR) is 121 cm³/mol. The molecule has 2 aliphatic rings. The molecule has 2 aromatic carbocycles. The van der Waals surface area contributed by atoms with Gasteiger partial charge in [0, 0.05) is 32.7 Å². The molecule has 0 saturated carbocycles. The zero-order chi connectivity index (χ0) is 22.0. The van der Waals surface area contributed by atoms with E-state index in [0.29, 0.717) is 30.0 Å². The first-order valence-corrected chi connectivity index (χ1v) is 11.0. The number of hydrogen-bond donors (Lipinski definition) is 1. The first-order chi connectivity index (χ1) is 15.0. The maximum absolute atomic E-state index is 13.1. The molecule has 2 aromatic rings. The Labute approximate surface area is 183 Å². The number of ether oxygens (including phenoxy) is 2. The van der Waals surface area contributed by atoms with Crippen molar-refractivity contribution in [3.63, 3.8) is 0 Å². The van der Waals surface area contributed by atoms with Crippen LogP contribution in [0.4, 0.5) is 0 Å². The lowest BCUT2D eigenvalue weighted by atomic mass is 9.99. The minimum atomic E-state index is -0.140. The van der Waals surface area contributed by atoms with Crippen molar-refractivity contribution in [2.45, 2.75) is 27.3 Å². The van der Waals surface area contributed by atoms with Gasteiger partial charge in [-0.15, -0.1) is 0 Å². The summed E-state index contributed by atoms with van der Waals surface area (Å²) in [5.41, 5.74) is 2.83. The Bertz CT molecular complexity index is 990. The van der Waals surface area contributed by atoms with Crippen molar-refractivity contribution >= 4 is 11.9 Å². The number of hydrogen-bond acceptors (Lipinski definition) is 6. The molecule has 4 rings (SSSR count). The topological polar surface area (TPSA) is 62.2 Å². The van der Waals surface area contributed by atoms with Crippen LogP contribution in [0, 0.1) is 6.92 Å². The molecule has 31 heavy (non-hydrogen) atoms. The Kier molecular flexibility index (Phi) is 6.30. The number of likely N-dealkylation sites (N-methyl/N-ethyl adjacent to an activating group) is 1. The van der Waals surface area contributed by atoms with E-state index >= 15 is 0 Å². The molecule has 0 unspecified atom stereocenters. The number of piperazine rings is 1. The number of phenols is 1. The van der Waals surface area contributed by atoms with Crippen LogP contribution in [0.5, 0.6) is 17.2 Å². The molecule has 6 heteroatoms. The number of aromatic hydroxyl groups is 1. The van der Waals surface area contributed by atoms with E-state index in [1.807, 2.05) is 38.1 Å². The summed E-state index contributed by atoms with van der Waals surface area (Å²) >= 11 is 0. The molecule has 0 radical (unpaired) electrons. The summed E-state index contributed by atoms with van der Waals surface area (Å²) in [7, 11) is 0. The van der Waals surface area contributed by atoms with Crippen LogP contribution in [0.15, 0.2) is 36.1 Å². The van der Waals surface area contributed by atoms with E-state index in [1.54, 1.807) is 12.1 Å². The molecule has 0 bridgehead atoms. The molecule has 0 aliphatic carbocycles. The number of allylic oxidation sites excluding steroid dienone is 1. The van der Waals surface area contributed by atoms with Gasteiger partial charge < -0.3 is 19.5 Å². The van der Waals surface area contributed by atoms with Gasteiger partial charge in [0.05, 0.1) is 17.7 Å². The van der Waals surface area contributed by atoms with Gasteiger partial charge in [0.25, 0.3) is 0 Å². The number of rotatable bonds is 6. The Morgan fingerprint density at radius 3 is 2.42 bits per heavy atom. The molecule has 0 atom stereocenters. The standard InChI is InChI=1S/C25H30N2O4/c1-4-26-10-12-27(13-11-26)16-20-21(28)14-17(3)23-24(29)22(31-25(20)23)15-18-6-8-19(9-7-18)30-5-2/h6-9,14-15,28H,4-5,10-13,16H2,1-3H3/b22-15-. The zero-order valence-electron chi connectivity index (χ0n) is 18.5. The van der Waals surface area contributed by atoms with E-state index in [4.69, 9.17) is 9.47 Å². The van der Waals surface area contributed by atoms with Crippen molar-refractivity contribution in [2.24, 2.45) is 0 Å². The van der Waals surface area contributed by atoms with Crippen LogP contribution in [0.2, 0.25) is 0 Å². The lowest BCUT2D eigenvalue weighted by Gasteiger charge is -2.34. The highest BCUT2D eigenvalue weighted by atomic mass is 16.5. The third kappa shape index (κ3) is 4.45. The summed E-state index contributed by atoms with van der Waals surface area (Å²) in [6, 6.07) is 9.23. The van der Waals surface area contributed by atoms with E-state index in [-0.39, 0.29) is 17.3 Å². The van der Waals surface area contributed by atoms with Crippen LogP contribution in [0.25, 0.3) is 6.08 Å². The number of Topliss-reactive ketones (excluding diaryl/α,β-unsaturated/α-hetero) is 1. The fourth-order valence-electron chi connectivity index (χ4n) is 4.20. The van der Waals surface area contributed by atoms with Gasteiger partial charge in [0.15, 0.2) is 5.76 Å². The van der Waals surface area contributed by atoms with Gasteiger partial charge in [-0.25, -0.2) is 0 Å². The molecule has 0 aromatic heterocycles. The molecule has 6 nitrogen and oxygen atoms in total. The Hall–Kier alpha value is -2.83. The second-order valence-electron chi connectivity index (χ2n) is 8.05. The number of carbonyl (C=O) groups is 1. The number of phenolic OH excluding ortho intramolecular Hbond substituents is 1. The second-order valence-corrected chi connectivity index (χ2v) is 8.05. The fourth-order valence-corrected chi connectivity index (χ4v) is 4.20. The average Bonchev–Trinajstić information content (AvgIpc) is 3.09. The number of nitrogens with zero attached hydrogens (tertiary/aromatic N) is 2. The first kappa shape index (κ1) is 21.4. The third-order valence-electron chi connectivity index (χ3n) is 6.00. The molecule has 0 spiro atoms. The highest BCUT2D eigenvalue weighted by molar-refractivity contribution is 6.15. The zero-order valence-corrected chi connectivity index (χ0v) is 18.5. The fraction of sp³-hybridized carbons (Fsp3) is 0.400. The highest BCUT2D eigenvalue weighted by Gasteiger charge is 2.34. The van der Waals surface area contributed by atoms with Crippen molar-refractivity contribution in [2.75, 3.05) is 39.3 Å². The molecule has 1 N–H and O–H groups in total. The number of fused-ring (bicyclic) bond motifs is 1. The summed E-state index contributed by atoms with van der Waals surface area (Å²) < 4.78 is 11.5. The maximum atomic E-state index is 13.1. The van der Waals surface area contributed by atoms with Gasteiger partial charge in [0.1, 0.15) is 17.2 Å². The maximum Gasteiger partial charge on any atom is 0.232 e. The number of benzene rings is 2. The minimum Gasteiger partial charge on any atom is -0.507 e. The lowest BCUT2D eigenvalue weighted by molar-refractivity contribution is 0.101. The molecule has 2 heterocycles. The van der Waals surface area contributed by atoms with Gasteiger partial charge >= 0.3 is 0 Å². The molecule has 1 saturated heterocycles. The van der Waals surface area contributed by atoms with Crippen LogP contribution < -0.4 is 9.47 Å². The van der Waals surface area contributed by atoms with Crippen molar-refractivity contribution in [3.8, 4) is 17.2 Å². The minimum absolute atomic E-state index is 0.140. The Morgan fingerprint density at radius 1 is 1.10 bits per heavy atom. The number of aryl methyl sites for hydroxylation is 1. The largest absolute Gasteiger partial charge is 0.507 e. The van der Waals surface area contributed by atoms with Gasteiger partial charge in [0.2, 0.25) is 5.78 Å². The van der Waals surface area contributed by atoms with Gasteiger partial charge in [-0.1, -0.05) is 19.1 Å². The highest BCUT2D eigenvalue weighted by Crippen LogP contribution is 2.42. The summed E-state index contributed by atoms with van der Waals surface area (Å²) in [6.45, 7) is 12.1. The van der Waals surface area contributed by atoms with Crippen LogP contribution in [-0.4, -0.2) is 60.0 Å². The normalized spacial score (nSPS) is 18.3. The Balaban J connectivity index is 1.59. The molecular formula is C25H30N2O4. The van der Waals surface area contributed by atoms with Gasteiger partial charge in [-0.2, -0.15) is 0 Å². The van der Waals surface area contributed by atoms with Crippen molar-refractivity contribution < 1.29 is 19.4 Å². The lowest BCUT2D eigenvalue weighted by Crippen LogP contribution is -2.45. The van der Waals surface area contributed by atoms with E-state index < -0.39 is 0 Å². The summed E-state index contributed by atoms with van der Waals surface area (Å²) in [5, 5.41) is 10.7. The van der Waals surface area contributed by atoms with Crippen LogP contribution in [0.3, 0.4) is 0 Å². The first-order valence-electron chi connectivity index (χ1n) is 11.0. The summed E-state index contributed by atoms with van der Waals surface area (Å²) in [5.74, 6) is 1.61. The van der Waals surface area contributed by atoms with Crippen LogP contribution >= 0.6 is 0 Å². The average molecular weight is 423 g/mol. The van der Waals surface area contributed by atoms with Crippen LogP contribution in [-0.2, 0) is 6.54 Å². The van der Waals surface area contributed by atoms with E-state index in [2.05, 4.69) is 16.7 Å².